The first-order valence-corrected chi connectivity index (χ1v) is 7.20. The van der Waals surface area contributed by atoms with Crippen molar-refractivity contribution in [3.8, 4) is 0 Å². The Labute approximate surface area is 109 Å². The van der Waals surface area contributed by atoms with Gasteiger partial charge in [-0.1, -0.05) is 47.9 Å². The van der Waals surface area contributed by atoms with E-state index in [1.54, 1.807) is 0 Å². The van der Waals surface area contributed by atoms with E-state index >= 15 is 0 Å². The van der Waals surface area contributed by atoms with Gasteiger partial charge in [0.1, 0.15) is 0 Å². The minimum atomic E-state index is 0.0328. The maximum Gasteiger partial charge on any atom is 0.0598 e. The van der Waals surface area contributed by atoms with Crippen molar-refractivity contribution in [3.05, 3.63) is 10.2 Å². The molecule has 0 amide bonds. The fourth-order valence-electron chi connectivity index (χ4n) is 1.34. The minimum absolute atomic E-state index is 0.0328. The number of hydrogen-bond donors (Lipinski definition) is 0. The molecule has 0 bridgehead atoms. The molecule has 0 unspecified atom stereocenters. The predicted molar refractivity (Wildman–Crippen MR) is 76.6 cm³/mol. The lowest BCUT2D eigenvalue weighted by Crippen LogP contribution is -2.19. The summed E-state index contributed by atoms with van der Waals surface area (Å²) in [5.74, 6) is 0. The van der Waals surface area contributed by atoms with Crippen LogP contribution in [0.25, 0.3) is 0 Å². The first-order chi connectivity index (χ1) is 7.06. The number of unbranched alkanes of at least 4 members (excludes halogenated alkanes) is 5. The highest BCUT2D eigenvalue weighted by Crippen LogP contribution is 2.10. The summed E-state index contributed by atoms with van der Waals surface area (Å²) in [6.07, 6.45) is 10.0. The van der Waals surface area contributed by atoms with Crippen LogP contribution in [-0.2, 0) is 4.74 Å². The first-order valence-electron chi connectivity index (χ1n) is 5.95. The molecule has 0 fully saturated rings. The SMILES string of the molecule is CC(C)(C)OCCCCCCCC=CI. The smallest absolute Gasteiger partial charge is 0.0598 e. The van der Waals surface area contributed by atoms with Gasteiger partial charge < -0.3 is 4.74 Å². The molecule has 0 spiro atoms. The number of hydrogen-bond acceptors (Lipinski definition) is 1. The van der Waals surface area contributed by atoms with Crippen LogP contribution < -0.4 is 0 Å². The molecule has 15 heavy (non-hydrogen) atoms. The second-order valence-electron chi connectivity index (χ2n) is 4.88. The van der Waals surface area contributed by atoms with Gasteiger partial charge in [0.2, 0.25) is 0 Å². The number of ether oxygens (including phenoxy) is 1. The fourth-order valence-corrected chi connectivity index (χ4v) is 1.70. The average Bonchev–Trinajstić information content (AvgIpc) is 2.14. The van der Waals surface area contributed by atoms with Crippen molar-refractivity contribution in [3.63, 3.8) is 0 Å². The summed E-state index contributed by atoms with van der Waals surface area (Å²) in [4.78, 5) is 0. The van der Waals surface area contributed by atoms with Crippen molar-refractivity contribution in [2.75, 3.05) is 6.61 Å². The average molecular weight is 324 g/mol. The number of allylic oxidation sites excluding steroid dienone is 1. The van der Waals surface area contributed by atoms with E-state index in [1.165, 1.54) is 38.5 Å². The summed E-state index contributed by atoms with van der Waals surface area (Å²) in [5, 5.41) is 0. The fraction of sp³-hybridized carbons (Fsp3) is 0.846. The lowest BCUT2D eigenvalue weighted by atomic mass is 10.1. The predicted octanol–water partition coefficient (Wildman–Crippen LogP) is 5.09. The highest BCUT2D eigenvalue weighted by atomic mass is 127. The normalized spacial score (nSPS) is 12.5. The third kappa shape index (κ3) is 14.4. The van der Waals surface area contributed by atoms with Gasteiger partial charge in [-0.2, -0.15) is 0 Å². The van der Waals surface area contributed by atoms with Crippen LogP contribution in [0.15, 0.2) is 10.2 Å². The molecular formula is C13H25IO. The van der Waals surface area contributed by atoms with Crippen LogP contribution in [0.1, 0.15) is 59.3 Å². The monoisotopic (exact) mass is 324 g/mol. The van der Waals surface area contributed by atoms with E-state index in [9.17, 15) is 0 Å². The molecule has 0 aromatic carbocycles. The molecule has 0 saturated heterocycles. The third-order valence-corrected chi connectivity index (χ3v) is 2.65. The molecule has 0 aliphatic carbocycles. The van der Waals surface area contributed by atoms with Crippen molar-refractivity contribution in [1.29, 1.82) is 0 Å². The van der Waals surface area contributed by atoms with Gasteiger partial charge in [-0.25, -0.2) is 0 Å². The summed E-state index contributed by atoms with van der Waals surface area (Å²) in [5.41, 5.74) is 0.0328. The molecule has 0 N–H and O–H groups in total. The lowest BCUT2D eigenvalue weighted by Gasteiger charge is -2.19. The van der Waals surface area contributed by atoms with Crippen LogP contribution in [0.3, 0.4) is 0 Å². The summed E-state index contributed by atoms with van der Waals surface area (Å²) >= 11 is 2.28. The second-order valence-corrected chi connectivity index (χ2v) is 5.60. The minimum Gasteiger partial charge on any atom is -0.376 e. The highest BCUT2D eigenvalue weighted by molar-refractivity contribution is 14.1. The Balaban J connectivity index is 3.05. The van der Waals surface area contributed by atoms with Crippen molar-refractivity contribution < 1.29 is 4.74 Å². The maximum atomic E-state index is 5.66. The molecule has 90 valence electrons. The molecule has 0 aromatic rings. The van der Waals surface area contributed by atoms with Gasteiger partial charge in [0, 0.05) is 6.61 Å². The van der Waals surface area contributed by atoms with Crippen LogP contribution in [0, 0.1) is 0 Å². The van der Waals surface area contributed by atoms with Crippen LogP contribution in [-0.4, -0.2) is 12.2 Å². The van der Waals surface area contributed by atoms with E-state index in [-0.39, 0.29) is 5.60 Å². The first kappa shape index (κ1) is 15.4. The second kappa shape index (κ2) is 9.64. The zero-order valence-electron chi connectivity index (χ0n) is 10.4. The Kier molecular flexibility index (Phi) is 9.92. The molecule has 2 heteroatoms. The molecular weight excluding hydrogens is 299 g/mol. The Bertz CT molecular complexity index is 158. The summed E-state index contributed by atoms with van der Waals surface area (Å²) in [6.45, 7) is 7.26. The molecule has 0 saturated carbocycles. The lowest BCUT2D eigenvalue weighted by molar-refractivity contribution is -0.00474. The standard InChI is InChI=1S/C13H25IO/c1-13(2,3)15-12-10-8-6-4-5-7-9-11-14/h9,11H,4-8,10,12H2,1-3H3. The summed E-state index contributed by atoms with van der Waals surface area (Å²) in [7, 11) is 0. The van der Waals surface area contributed by atoms with Crippen molar-refractivity contribution in [1.82, 2.24) is 0 Å². The van der Waals surface area contributed by atoms with Crippen LogP contribution in [0.5, 0.6) is 0 Å². The Morgan fingerprint density at radius 3 is 2.20 bits per heavy atom. The Morgan fingerprint density at radius 2 is 1.60 bits per heavy atom. The molecule has 0 atom stereocenters. The molecule has 0 radical (unpaired) electrons. The van der Waals surface area contributed by atoms with Gasteiger partial charge in [0.15, 0.2) is 0 Å². The van der Waals surface area contributed by atoms with Crippen LogP contribution in [0.4, 0.5) is 0 Å². The Morgan fingerprint density at radius 1 is 1.00 bits per heavy atom. The topological polar surface area (TPSA) is 9.23 Å². The largest absolute Gasteiger partial charge is 0.376 e. The van der Waals surface area contributed by atoms with E-state index in [0.29, 0.717) is 0 Å². The van der Waals surface area contributed by atoms with E-state index in [2.05, 4.69) is 53.5 Å². The van der Waals surface area contributed by atoms with Crippen molar-refractivity contribution >= 4 is 22.6 Å². The Hall–Kier alpha value is 0.430. The van der Waals surface area contributed by atoms with Gasteiger partial charge in [-0.05, 0) is 44.1 Å². The van der Waals surface area contributed by atoms with Gasteiger partial charge in [0.25, 0.3) is 0 Å². The van der Waals surface area contributed by atoms with Gasteiger partial charge in [0.05, 0.1) is 5.60 Å². The quantitative estimate of drug-likeness (QED) is 0.446. The van der Waals surface area contributed by atoms with Crippen LogP contribution >= 0.6 is 22.6 Å². The maximum absolute atomic E-state index is 5.66. The highest BCUT2D eigenvalue weighted by Gasteiger charge is 2.08. The molecule has 1 nitrogen and oxygen atoms in total. The summed E-state index contributed by atoms with van der Waals surface area (Å²) in [6, 6.07) is 0. The van der Waals surface area contributed by atoms with E-state index in [4.69, 9.17) is 4.74 Å². The van der Waals surface area contributed by atoms with Crippen molar-refractivity contribution in [2.24, 2.45) is 0 Å². The van der Waals surface area contributed by atoms with E-state index in [0.717, 1.165) is 6.61 Å². The summed E-state index contributed by atoms with van der Waals surface area (Å²) < 4.78 is 7.77. The van der Waals surface area contributed by atoms with Crippen molar-refractivity contribution in [2.45, 2.75) is 64.9 Å². The molecule has 0 heterocycles. The zero-order valence-corrected chi connectivity index (χ0v) is 12.5. The number of halogens is 1. The molecule has 0 aromatic heterocycles. The van der Waals surface area contributed by atoms with Gasteiger partial charge >= 0.3 is 0 Å². The van der Waals surface area contributed by atoms with E-state index in [1.807, 2.05) is 0 Å². The molecule has 0 aliphatic rings. The zero-order chi connectivity index (χ0) is 11.6. The van der Waals surface area contributed by atoms with Crippen LogP contribution in [0.2, 0.25) is 0 Å². The molecule has 0 aliphatic heterocycles. The van der Waals surface area contributed by atoms with Gasteiger partial charge in [-0.15, -0.1) is 0 Å². The third-order valence-electron chi connectivity index (χ3n) is 2.14. The number of rotatable bonds is 8. The van der Waals surface area contributed by atoms with Gasteiger partial charge in [-0.3, -0.25) is 0 Å². The van der Waals surface area contributed by atoms with E-state index < -0.39 is 0 Å². The molecule has 0 rings (SSSR count).